The van der Waals surface area contributed by atoms with Crippen molar-refractivity contribution in [2.75, 3.05) is 18.8 Å². The molecule has 25 heavy (non-hydrogen) atoms. The fourth-order valence-electron chi connectivity index (χ4n) is 3.13. The largest absolute Gasteiger partial charge is 0.398 e. The highest BCUT2D eigenvalue weighted by molar-refractivity contribution is 7.99. The van der Waals surface area contributed by atoms with E-state index in [-0.39, 0.29) is 18.3 Å². The van der Waals surface area contributed by atoms with Gasteiger partial charge < -0.3 is 15.6 Å². The number of halogens is 1. The van der Waals surface area contributed by atoms with Crippen LogP contribution < -0.4 is 5.73 Å². The number of nitrogen functional groups attached to an aromatic ring is 1. The lowest BCUT2D eigenvalue weighted by molar-refractivity contribution is 0.0784. The van der Waals surface area contributed by atoms with Crippen molar-refractivity contribution in [2.24, 2.45) is 0 Å². The van der Waals surface area contributed by atoms with Gasteiger partial charge in [0.05, 0.1) is 4.90 Å². The number of rotatable bonds is 3. The van der Waals surface area contributed by atoms with E-state index in [4.69, 9.17) is 5.73 Å². The average Bonchev–Trinajstić information content (AvgIpc) is 3.25. The van der Waals surface area contributed by atoms with E-state index in [2.05, 4.69) is 4.98 Å². The number of para-hydroxylation sites is 2. The average molecular weight is 374 g/mol. The Hall–Kier alpha value is -2.11. The summed E-state index contributed by atoms with van der Waals surface area (Å²) in [6, 6.07) is 15.8. The number of hydrogen-bond donors (Lipinski definition) is 2. The van der Waals surface area contributed by atoms with Crippen LogP contribution in [0.2, 0.25) is 0 Å². The number of nitrogens with two attached hydrogens (primary N) is 1. The highest BCUT2D eigenvalue weighted by Crippen LogP contribution is 2.39. The Morgan fingerprint density at radius 2 is 1.72 bits per heavy atom. The maximum absolute atomic E-state index is 13.0. The van der Waals surface area contributed by atoms with Crippen LogP contribution in [0, 0.1) is 0 Å². The first kappa shape index (κ1) is 17.7. The summed E-state index contributed by atoms with van der Waals surface area (Å²) in [6.07, 6.45) is 2.17. The van der Waals surface area contributed by atoms with Gasteiger partial charge in [0.1, 0.15) is 5.69 Å². The molecule has 0 aliphatic carbocycles. The molecule has 0 bridgehead atoms. The van der Waals surface area contributed by atoms with Crippen LogP contribution in [0.4, 0.5) is 5.69 Å². The molecule has 1 aromatic heterocycles. The first-order valence-corrected chi connectivity index (χ1v) is 8.98. The maximum atomic E-state index is 13.0. The Bertz CT molecular complexity index is 903. The second-order valence-corrected chi connectivity index (χ2v) is 7.07. The Kier molecular flexibility index (Phi) is 5.25. The van der Waals surface area contributed by atoms with E-state index >= 15 is 0 Å². The predicted molar refractivity (Wildman–Crippen MR) is 106 cm³/mol. The zero-order valence-corrected chi connectivity index (χ0v) is 15.3. The molecule has 6 heteroatoms. The third kappa shape index (κ3) is 3.34. The summed E-state index contributed by atoms with van der Waals surface area (Å²) in [5, 5.41) is 1.06. The Labute approximate surface area is 157 Å². The summed E-state index contributed by atoms with van der Waals surface area (Å²) in [7, 11) is 0. The minimum Gasteiger partial charge on any atom is -0.398 e. The molecule has 4 nitrogen and oxygen atoms in total. The smallest absolute Gasteiger partial charge is 0.271 e. The number of likely N-dealkylation sites (tertiary alicyclic amines) is 1. The van der Waals surface area contributed by atoms with Crippen LogP contribution >= 0.6 is 24.2 Å². The third-order valence-corrected chi connectivity index (χ3v) is 5.62. The van der Waals surface area contributed by atoms with Gasteiger partial charge in [0.25, 0.3) is 5.91 Å². The second-order valence-electron chi connectivity index (χ2n) is 6.01. The number of aromatic nitrogens is 1. The molecule has 2 aromatic carbocycles. The number of fused-ring (bicyclic) bond motifs is 1. The molecule has 0 spiro atoms. The molecule has 0 radical (unpaired) electrons. The molecule has 130 valence electrons. The monoisotopic (exact) mass is 373 g/mol. The molecule has 3 aromatic rings. The van der Waals surface area contributed by atoms with Crippen molar-refractivity contribution in [2.45, 2.75) is 22.6 Å². The lowest BCUT2D eigenvalue weighted by atomic mass is 10.2. The van der Waals surface area contributed by atoms with Crippen LogP contribution in [0.5, 0.6) is 0 Å². The first-order valence-electron chi connectivity index (χ1n) is 8.16. The Morgan fingerprint density at radius 3 is 2.48 bits per heavy atom. The van der Waals surface area contributed by atoms with Gasteiger partial charge in [-0.25, -0.2) is 0 Å². The molecule has 3 N–H and O–H groups in total. The van der Waals surface area contributed by atoms with Gasteiger partial charge in [-0.2, -0.15) is 0 Å². The summed E-state index contributed by atoms with van der Waals surface area (Å²) in [6.45, 7) is 1.68. The number of anilines is 1. The minimum absolute atomic E-state index is 0. The Balaban J connectivity index is 0.00000182. The molecule has 1 aliphatic heterocycles. The number of H-pyrrole nitrogens is 1. The van der Waals surface area contributed by atoms with Crippen molar-refractivity contribution >= 4 is 46.7 Å². The van der Waals surface area contributed by atoms with E-state index in [1.165, 1.54) is 0 Å². The standard InChI is InChI=1S/C19H19N3OS.ClH/c20-14-8-2-4-10-16(14)24-18-13-7-1-3-9-15(13)21-17(18)19(23)22-11-5-6-12-22;/h1-4,7-10,21H,5-6,11-12,20H2;1H. The SMILES string of the molecule is Cl.Nc1ccccc1Sc1c(C(=O)N2CCCC2)[nH]c2ccccc12. The molecule has 2 heterocycles. The molecule has 1 amide bonds. The predicted octanol–water partition coefficient (Wildman–Crippen LogP) is 4.56. The number of aromatic amines is 1. The normalized spacial score (nSPS) is 13.8. The van der Waals surface area contributed by atoms with Crippen LogP contribution in [0.3, 0.4) is 0 Å². The van der Waals surface area contributed by atoms with Crippen molar-refractivity contribution in [3.8, 4) is 0 Å². The molecule has 4 rings (SSSR count). The summed E-state index contributed by atoms with van der Waals surface area (Å²) >= 11 is 1.56. The number of nitrogens with zero attached hydrogens (tertiary/aromatic N) is 1. The van der Waals surface area contributed by atoms with Crippen molar-refractivity contribution in [3.05, 3.63) is 54.2 Å². The molecule has 1 fully saturated rings. The van der Waals surface area contributed by atoms with E-state index < -0.39 is 0 Å². The van der Waals surface area contributed by atoms with Gasteiger partial charge in [-0.05, 0) is 31.0 Å². The number of carbonyl (C=O) groups excluding carboxylic acids is 1. The van der Waals surface area contributed by atoms with Crippen LogP contribution in [-0.2, 0) is 0 Å². The molecule has 0 atom stereocenters. The summed E-state index contributed by atoms with van der Waals surface area (Å²) in [5.41, 5.74) is 8.49. The van der Waals surface area contributed by atoms with Crippen molar-refractivity contribution in [1.82, 2.24) is 9.88 Å². The lowest BCUT2D eigenvalue weighted by Gasteiger charge is -2.15. The molecular weight excluding hydrogens is 354 g/mol. The number of amides is 1. The van der Waals surface area contributed by atoms with Crippen LogP contribution in [-0.4, -0.2) is 28.9 Å². The summed E-state index contributed by atoms with van der Waals surface area (Å²) in [5.74, 6) is 0.0840. The Morgan fingerprint density at radius 1 is 1.04 bits per heavy atom. The molecule has 1 aliphatic rings. The lowest BCUT2D eigenvalue weighted by Crippen LogP contribution is -2.28. The summed E-state index contributed by atoms with van der Waals surface area (Å²) in [4.78, 5) is 20.2. The highest BCUT2D eigenvalue weighted by Gasteiger charge is 2.25. The van der Waals surface area contributed by atoms with Gasteiger partial charge in [-0.15, -0.1) is 12.4 Å². The molecule has 0 saturated carbocycles. The van der Waals surface area contributed by atoms with Gasteiger partial charge in [0, 0.05) is 34.6 Å². The number of nitrogens with one attached hydrogen (secondary N) is 1. The third-order valence-electron chi connectivity index (χ3n) is 4.40. The number of hydrogen-bond acceptors (Lipinski definition) is 3. The van der Waals surface area contributed by atoms with E-state index in [0.29, 0.717) is 5.69 Å². The molecule has 0 unspecified atom stereocenters. The van der Waals surface area contributed by atoms with Gasteiger partial charge >= 0.3 is 0 Å². The van der Waals surface area contributed by atoms with Crippen LogP contribution in [0.15, 0.2) is 58.3 Å². The fraction of sp³-hybridized carbons (Fsp3) is 0.211. The second kappa shape index (κ2) is 7.42. The summed E-state index contributed by atoms with van der Waals surface area (Å²) < 4.78 is 0. The van der Waals surface area contributed by atoms with Crippen molar-refractivity contribution < 1.29 is 4.79 Å². The molecule has 1 saturated heterocycles. The van der Waals surface area contributed by atoms with E-state index in [9.17, 15) is 4.79 Å². The van der Waals surface area contributed by atoms with Gasteiger partial charge in [0.15, 0.2) is 0 Å². The molecular formula is C19H20ClN3OS. The van der Waals surface area contributed by atoms with E-state index in [1.54, 1.807) is 11.8 Å². The quantitative estimate of drug-likeness (QED) is 0.661. The van der Waals surface area contributed by atoms with Crippen molar-refractivity contribution in [3.63, 3.8) is 0 Å². The van der Waals surface area contributed by atoms with E-state index in [0.717, 1.165) is 52.3 Å². The minimum atomic E-state index is 0. The van der Waals surface area contributed by atoms with Crippen LogP contribution in [0.25, 0.3) is 10.9 Å². The zero-order valence-electron chi connectivity index (χ0n) is 13.7. The van der Waals surface area contributed by atoms with E-state index in [1.807, 2.05) is 53.4 Å². The maximum Gasteiger partial charge on any atom is 0.271 e. The van der Waals surface area contributed by atoms with Gasteiger partial charge in [-0.1, -0.05) is 42.1 Å². The number of carbonyl (C=O) groups is 1. The highest BCUT2D eigenvalue weighted by atomic mass is 35.5. The fourth-order valence-corrected chi connectivity index (χ4v) is 4.22. The van der Waals surface area contributed by atoms with Crippen molar-refractivity contribution in [1.29, 1.82) is 0 Å². The number of benzene rings is 2. The first-order chi connectivity index (χ1) is 11.7. The van der Waals surface area contributed by atoms with Gasteiger partial charge in [0.2, 0.25) is 0 Å². The van der Waals surface area contributed by atoms with Gasteiger partial charge in [-0.3, -0.25) is 4.79 Å². The van der Waals surface area contributed by atoms with Crippen LogP contribution in [0.1, 0.15) is 23.3 Å². The topological polar surface area (TPSA) is 62.1 Å². The zero-order chi connectivity index (χ0) is 16.5.